The Morgan fingerprint density at radius 1 is 0.967 bits per heavy atom. The summed E-state index contributed by atoms with van der Waals surface area (Å²) in [4.78, 5) is 9.37. The first kappa shape index (κ1) is 23.7. The first-order valence-corrected chi connectivity index (χ1v) is 9.81. The monoisotopic (exact) mass is 518 g/mol. The van der Waals surface area contributed by atoms with Crippen LogP contribution in [0.5, 0.6) is 0 Å². The van der Waals surface area contributed by atoms with Crippen molar-refractivity contribution in [3.05, 3.63) is 79.4 Å². The molecule has 6 nitrogen and oxygen atoms in total. The lowest BCUT2D eigenvalue weighted by Crippen LogP contribution is -2.15. The fourth-order valence-corrected chi connectivity index (χ4v) is 3.56. The predicted molar refractivity (Wildman–Crippen MR) is 96.5 cm³/mol. The van der Waals surface area contributed by atoms with Crippen LogP contribution in [0.3, 0.4) is 0 Å². The quantitative estimate of drug-likeness (QED) is 0.323. The number of sulfone groups is 1. The number of hydrogen-bond acceptors (Lipinski definition) is 5. The van der Waals surface area contributed by atoms with Gasteiger partial charge in [-0.25, -0.2) is 8.42 Å². The maximum Gasteiger partial charge on any atom is 0.416 e. The molecule has 162 valence electrons. The molecule has 2 aromatic carbocycles. The average Bonchev–Trinajstić information content (AvgIpc) is 2.60. The van der Waals surface area contributed by atoms with E-state index in [0.717, 1.165) is 12.1 Å². The van der Waals surface area contributed by atoms with Crippen molar-refractivity contribution in [3.63, 3.8) is 0 Å². The summed E-state index contributed by atoms with van der Waals surface area (Å²) < 4.78 is 103. The van der Waals surface area contributed by atoms with E-state index in [1.165, 1.54) is 12.1 Å². The van der Waals surface area contributed by atoms with Crippen molar-refractivity contribution >= 4 is 31.5 Å². The van der Waals surface area contributed by atoms with Gasteiger partial charge in [0.1, 0.15) is 0 Å². The van der Waals surface area contributed by atoms with Crippen LogP contribution in [0.2, 0.25) is 0 Å². The van der Waals surface area contributed by atoms with Gasteiger partial charge in [-0.05, 0) is 42.5 Å². The highest BCUT2D eigenvalue weighted by atomic mass is 79.9. The molecular weight excluding hydrogens is 510 g/mol. The van der Waals surface area contributed by atoms with Gasteiger partial charge in [0.2, 0.25) is 0 Å². The van der Waals surface area contributed by atoms with E-state index < -0.39 is 53.9 Å². The summed E-state index contributed by atoms with van der Waals surface area (Å²) in [5, 5.41) is 11.6. The average molecular weight is 519 g/mol. The smallest absolute Gasteiger partial charge is 0.355 e. The summed E-state index contributed by atoms with van der Waals surface area (Å²) >= 11 is 3.05. The number of anilines is 1. The first-order valence-electron chi connectivity index (χ1n) is 7.53. The van der Waals surface area contributed by atoms with Gasteiger partial charge in [-0.15, -0.1) is 0 Å². The standard InChI is InChI=1S/C16H9BrF6N2O4S/c17-11-1-3-13(4-2-11)30(28,29)14(25(26)27)8-24-12-6-9(15(18,19)20)5-10(7-12)16(21,22)23/h1-8,24H/b14-8+. The van der Waals surface area contributed by atoms with Gasteiger partial charge in [0.05, 0.1) is 27.1 Å². The van der Waals surface area contributed by atoms with E-state index in [1.54, 1.807) is 0 Å². The van der Waals surface area contributed by atoms with Crippen molar-refractivity contribution in [2.45, 2.75) is 17.2 Å². The molecule has 0 bridgehead atoms. The summed E-state index contributed by atoms with van der Waals surface area (Å²) in [7, 11) is -4.73. The summed E-state index contributed by atoms with van der Waals surface area (Å²) in [6.07, 6.45) is -10.1. The van der Waals surface area contributed by atoms with E-state index in [-0.39, 0.29) is 24.4 Å². The highest BCUT2D eigenvalue weighted by Crippen LogP contribution is 2.37. The third kappa shape index (κ3) is 5.50. The lowest BCUT2D eigenvalue weighted by molar-refractivity contribution is -0.411. The van der Waals surface area contributed by atoms with Gasteiger partial charge in [-0.2, -0.15) is 26.3 Å². The predicted octanol–water partition coefficient (Wildman–Crippen LogP) is 5.45. The first-order chi connectivity index (χ1) is 13.6. The van der Waals surface area contributed by atoms with E-state index in [4.69, 9.17) is 0 Å². The fourth-order valence-electron chi connectivity index (χ4n) is 2.15. The Bertz CT molecular complexity index is 1060. The van der Waals surface area contributed by atoms with Crippen molar-refractivity contribution in [3.8, 4) is 0 Å². The molecular formula is C16H9BrF6N2O4S. The minimum atomic E-state index is -5.14. The molecule has 0 heterocycles. The Morgan fingerprint density at radius 2 is 1.43 bits per heavy atom. The van der Waals surface area contributed by atoms with E-state index in [0.29, 0.717) is 4.47 Å². The molecule has 0 aliphatic rings. The maximum absolute atomic E-state index is 12.9. The van der Waals surface area contributed by atoms with Crippen molar-refractivity contribution in [2.75, 3.05) is 5.32 Å². The van der Waals surface area contributed by atoms with Crippen LogP contribution in [0.1, 0.15) is 11.1 Å². The van der Waals surface area contributed by atoms with Crippen LogP contribution in [0.25, 0.3) is 0 Å². The van der Waals surface area contributed by atoms with Crippen LogP contribution in [0, 0.1) is 10.1 Å². The summed E-state index contributed by atoms with van der Waals surface area (Å²) in [5.41, 5.74) is -4.19. The minimum absolute atomic E-state index is 0.137. The molecule has 0 aromatic heterocycles. The highest BCUT2D eigenvalue weighted by molar-refractivity contribution is 9.10. The van der Waals surface area contributed by atoms with E-state index in [1.807, 2.05) is 5.32 Å². The second-order valence-electron chi connectivity index (χ2n) is 5.64. The number of nitrogens with zero attached hydrogens (tertiary/aromatic N) is 1. The molecule has 0 amide bonds. The second kappa shape index (κ2) is 8.26. The third-order valence-electron chi connectivity index (χ3n) is 3.53. The molecule has 0 radical (unpaired) electrons. The second-order valence-corrected chi connectivity index (χ2v) is 8.45. The van der Waals surface area contributed by atoms with Gasteiger partial charge in [-0.1, -0.05) is 15.9 Å². The minimum Gasteiger partial charge on any atom is -0.355 e. The maximum atomic E-state index is 12.9. The zero-order valence-electron chi connectivity index (χ0n) is 14.3. The van der Waals surface area contributed by atoms with Crippen LogP contribution < -0.4 is 5.32 Å². The molecule has 0 saturated carbocycles. The van der Waals surface area contributed by atoms with Crippen molar-refractivity contribution in [1.82, 2.24) is 0 Å². The molecule has 0 spiro atoms. The van der Waals surface area contributed by atoms with Gasteiger partial charge >= 0.3 is 17.4 Å². The van der Waals surface area contributed by atoms with Gasteiger partial charge < -0.3 is 5.32 Å². The van der Waals surface area contributed by atoms with Crippen LogP contribution >= 0.6 is 15.9 Å². The van der Waals surface area contributed by atoms with Crippen molar-refractivity contribution < 1.29 is 39.7 Å². The molecule has 0 saturated heterocycles. The molecule has 1 N–H and O–H groups in total. The number of alkyl halides is 6. The molecule has 14 heteroatoms. The summed E-state index contributed by atoms with van der Waals surface area (Å²) in [5.74, 6) is 0. The van der Waals surface area contributed by atoms with Gasteiger partial charge in [-0.3, -0.25) is 10.1 Å². The van der Waals surface area contributed by atoms with Crippen LogP contribution in [-0.4, -0.2) is 13.3 Å². The zero-order valence-corrected chi connectivity index (χ0v) is 16.7. The molecule has 30 heavy (non-hydrogen) atoms. The van der Waals surface area contributed by atoms with Gasteiger partial charge in [0.25, 0.3) is 9.84 Å². The van der Waals surface area contributed by atoms with Crippen molar-refractivity contribution in [2.24, 2.45) is 0 Å². The Hall–Kier alpha value is -2.61. The molecule has 0 unspecified atom stereocenters. The van der Waals surface area contributed by atoms with E-state index >= 15 is 0 Å². The SMILES string of the molecule is O=[N+]([O-])/C(=C\Nc1cc(C(F)(F)F)cc(C(F)(F)F)c1)S(=O)(=O)c1ccc(Br)cc1. The molecule has 0 atom stereocenters. The number of rotatable bonds is 5. The topological polar surface area (TPSA) is 89.3 Å². The third-order valence-corrected chi connectivity index (χ3v) is 5.77. The number of hydrogen-bond donors (Lipinski definition) is 1. The highest BCUT2D eigenvalue weighted by Gasteiger charge is 2.37. The normalized spacial score (nSPS) is 13.2. The van der Waals surface area contributed by atoms with Gasteiger partial charge in [0, 0.05) is 10.2 Å². The lowest BCUT2D eigenvalue weighted by atomic mass is 10.1. The van der Waals surface area contributed by atoms with E-state index in [2.05, 4.69) is 15.9 Å². The Kier molecular flexibility index (Phi) is 6.51. The van der Waals surface area contributed by atoms with Crippen LogP contribution in [0.4, 0.5) is 32.0 Å². The lowest BCUT2D eigenvalue weighted by Gasteiger charge is -2.14. The molecule has 0 aliphatic carbocycles. The Labute approximate surface area is 173 Å². The number of benzene rings is 2. The Morgan fingerprint density at radius 3 is 1.83 bits per heavy atom. The van der Waals surface area contributed by atoms with Crippen LogP contribution in [-0.2, 0) is 22.2 Å². The number of nitro groups is 1. The zero-order chi connectivity index (χ0) is 22.9. The molecule has 0 aliphatic heterocycles. The van der Waals surface area contributed by atoms with Gasteiger partial charge in [0.15, 0.2) is 0 Å². The van der Waals surface area contributed by atoms with Crippen LogP contribution in [0.15, 0.2) is 63.1 Å². The molecule has 2 aromatic rings. The fraction of sp³-hybridized carbons (Fsp3) is 0.125. The number of halogens is 7. The molecule has 2 rings (SSSR count). The van der Waals surface area contributed by atoms with Crippen molar-refractivity contribution in [1.29, 1.82) is 0 Å². The number of nitrogens with one attached hydrogen (secondary N) is 1. The largest absolute Gasteiger partial charge is 0.416 e. The summed E-state index contributed by atoms with van der Waals surface area (Å²) in [6.45, 7) is 0. The van der Waals surface area contributed by atoms with E-state index in [9.17, 15) is 44.9 Å². The Balaban J connectivity index is 2.53. The summed E-state index contributed by atoms with van der Waals surface area (Å²) in [6, 6.07) is 5.00. The molecule has 0 fully saturated rings.